The van der Waals surface area contributed by atoms with E-state index in [9.17, 15) is 13.2 Å². The van der Waals surface area contributed by atoms with Crippen molar-refractivity contribution in [2.24, 2.45) is 0 Å². The van der Waals surface area contributed by atoms with Gasteiger partial charge in [0.1, 0.15) is 5.75 Å². The van der Waals surface area contributed by atoms with Gasteiger partial charge in [0, 0.05) is 17.8 Å². The third kappa shape index (κ3) is 6.67. The fraction of sp³-hybridized carbons (Fsp3) is 0.208. The van der Waals surface area contributed by atoms with Crippen LogP contribution in [0.4, 0.5) is 5.69 Å². The first-order valence-corrected chi connectivity index (χ1v) is 11.6. The number of carbonyl (C=O) groups excluding carboxylic acids is 1. The van der Waals surface area contributed by atoms with Gasteiger partial charge in [0.05, 0.1) is 11.5 Å². The lowest BCUT2D eigenvalue weighted by atomic mass is 10.2. The molecular formula is C24H26N2O4S. The van der Waals surface area contributed by atoms with Crippen molar-refractivity contribution in [3.05, 3.63) is 90.0 Å². The zero-order valence-corrected chi connectivity index (χ0v) is 18.2. The van der Waals surface area contributed by atoms with Crippen LogP contribution in [0.1, 0.15) is 29.3 Å². The molecule has 0 unspecified atom stereocenters. The van der Waals surface area contributed by atoms with Crippen LogP contribution in [-0.2, 0) is 16.4 Å². The lowest BCUT2D eigenvalue weighted by molar-refractivity contribution is 0.102. The number of rotatable bonds is 10. The molecule has 0 fully saturated rings. The first-order chi connectivity index (χ1) is 15.0. The zero-order valence-electron chi connectivity index (χ0n) is 17.4. The van der Waals surface area contributed by atoms with Gasteiger partial charge >= 0.3 is 0 Å². The molecule has 0 heterocycles. The van der Waals surface area contributed by atoms with E-state index >= 15 is 0 Å². The molecule has 7 heteroatoms. The Kier molecular flexibility index (Phi) is 7.81. The van der Waals surface area contributed by atoms with Gasteiger partial charge in [-0.2, -0.15) is 0 Å². The molecule has 0 atom stereocenters. The second-order valence-corrected chi connectivity index (χ2v) is 8.76. The molecule has 162 valence electrons. The van der Waals surface area contributed by atoms with E-state index in [1.54, 1.807) is 36.4 Å². The van der Waals surface area contributed by atoms with E-state index in [2.05, 4.69) is 10.0 Å². The highest BCUT2D eigenvalue weighted by molar-refractivity contribution is 7.89. The number of carbonyl (C=O) groups is 1. The van der Waals surface area contributed by atoms with Crippen LogP contribution < -0.4 is 14.8 Å². The molecule has 31 heavy (non-hydrogen) atoms. The number of sulfonamides is 1. The van der Waals surface area contributed by atoms with Crippen LogP contribution in [-0.4, -0.2) is 27.5 Å². The topological polar surface area (TPSA) is 84.5 Å². The average Bonchev–Trinajstić information content (AvgIpc) is 2.79. The van der Waals surface area contributed by atoms with Crippen molar-refractivity contribution in [2.45, 2.75) is 24.7 Å². The summed E-state index contributed by atoms with van der Waals surface area (Å²) in [4.78, 5) is 12.6. The maximum Gasteiger partial charge on any atom is 0.255 e. The molecule has 0 saturated carbocycles. The summed E-state index contributed by atoms with van der Waals surface area (Å²) in [6.45, 7) is 2.90. The molecule has 3 aromatic rings. The van der Waals surface area contributed by atoms with Crippen molar-refractivity contribution in [3.8, 4) is 5.75 Å². The van der Waals surface area contributed by atoms with Gasteiger partial charge in [0.25, 0.3) is 5.91 Å². The summed E-state index contributed by atoms with van der Waals surface area (Å²) in [5.74, 6) is 0.344. The second kappa shape index (κ2) is 10.7. The first kappa shape index (κ1) is 22.5. The molecule has 0 saturated heterocycles. The molecule has 0 aromatic heterocycles. The van der Waals surface area contributed by atoms with Crippen molar-refractivity contribution in [1.82, 2.24) is 4.72 Å². The van der Waals surface area contributed by atoms with Crippen LogP contribution in [0.15, 0.2) is 83.8 Å². The molecule has 6 nitrogen and oxygen atoms in total. The van der Waals surface area contributed by atoms with Gasteiger partial charge in [-0.05, 0) is 60.9 Å². The largest absolute Gasteiger partial charge is 0.494 e. The van der Waals surface area contributed by atoms with Gasteiger partial charge in [0.2, 0.25) is 10.0 Å². The molecule has 0 aliphatic rings. The first-order valence-electron chi connectivity index (χ1n) is 10.2. The minimum absolute atomic E-state index is 0.147. The van der Waals surface area contributed by atoms with E-state index in [1.165, 1.54) is 12.1 Å². The van der Waals surface area contributed by atoms with E-state index in [-0.39, 0.29) is 10.8 Å². The summed E-state index contributed by atoms with van der Waals surface area (Å²) in [5.41, 5.74) is 2.04. The molecule has 0 bridgehead atoms. The van der Waals surface area contributed by atoms with Crippen molar-refractivity contribution in [1.29, 1.82) is 0 Å². The van der Waals surface area contributed by atoms with Gasteiger partial charge in [-0.1, -0.05) is 43.3 Å². The number of hydrogen-bond acceptors (Lipinski definition) is 4. The molecule has 0 radical (unpaired) electrons. The molecule has 3 aromatic carbocycles. The lowest BCUT2D eigenvalue weighted by Gasteiger charge is -2.10. The number of anilines is 1. The summed E-state index contributed by atoms with van der Waals surface area (Å²) in [6.07, 6.45) is 1.49. The number of benzene rings is 3. The molecule has 1 amide bonds. The Hall–Kier alpha value is -3.16. The number of nitrogens with one attached hydrogen (secondary N) is 2. The van der Waals surface area contributed by atoms with Crippen LogP contribution in [0.3, 0.4) is 0 Å². The van der Waals surface area contributed by atoms with Crippen LogP contribution in [0, 0.1) is 0 Å². The van der Waals surface area contributed by atoms with E-state index < -0.39 is 10.0 Å². The Balaban J connectivity index is 1.58. The molecule has 0 spiro atoms. The van der Waals surface area contributed by atoms with Gasteiger partial charge in [0.15, 0.2) is 0 Å². The molecule has 0 aliphatic carbocycles. The summed E-state index contributed by atoms with van der Waals surface area (Å²) in [6, 6.07) is 22.7. The predicted molar refractivity (Wildman–Crippen MR) is 122 cm³/mol. The summed E-state index contributed by atoms with van der Waals surface area (Å²) >= 11 is 0. The SMILES string of the molecule is CCCOc1cccc(C(=O)Nc2ccc(S(=O)(=O)NCCc3ccccc3)cc2)c1. The quantitative estimate of drug-likeness (QED) is 0.496. The highest BCUT2D eigenvalue weighted by Crippen LogP contribution is 2.17. The predicted octanol–water partition coefficient (Wildman–Crippen LogP) is 4.25. The van der Waals surface area contributed by atoms with Crippen molar-refractivity contribution in [3.63, 3.8) is 0 Å². The number of amides is 1. The fourth-order valence-electron chi connectivity index (χ4n) is 2.93. The van der Waals surface area contributed by atoms with Crippen molar-refractivity contribution >= 4 is 21.6 Å². The molecule has 3 rings (SSSR count). The fourth-order valence-corrected chi connectivity index (χ4v) is 3.96. The van der Waals surface area contributed by atoms with Gasteiger partial charge in [-0.25, -0.2) is 13.1 Å². The van der Waals surface area contributed by atoms with Crippen LogP contribution in [0.2, 0.25) is 0 Å². The highest BCUT2D eigenvalue weighted by atomic mass is 32.2. The Morgan fingerprint density at radius 3 is 2.39 bits per heavy atom. The van der Waals surface area contributed by atoms with Crippen molar-refractivity contribution in [2.75, 3.05) is 18.5 Å². The monoisotopic (exact) mass is 438 g/mol. The summed E-state index contributed by atoms with van der Waals surface area (Å²) in [5, 5.41) is 2.78. The Morgan fingerprint density at radius 1 is 0.935 bits per heavy atom. The van der Waals surface area contributed by atoms with E-state index in [1.807, 2.05) is 37.3 Å². The van der Waals surface area contributed by atoms with Crippen LogP contribution in [0.5, 0.6) is 5.75 Å². The van der Waals surface area contributed by atoms with E-state index in [4.69, 9.17) is 4.74 Å². The maximum atomic E-state index is 12.5. The van der Waals surface area contributed by atoms with Crippen molar-refractivity contribution < 1.29 is 17.9 Å². The second-order valence-electron chi connectivity index (χ2n) is 6.99. The lowest BCUT2D eigenvalue weighted by Crippen LogP contribution is -2.26. The smallest absolute Gasteiger partial charge is 0.255 e. The third-order valence-corrected chi connectivity index (χ3v) is 6.02. The van der Waals surface area contributed by atoms with E-state index in [0.717, 1.165) is 12.0 Å². The molecule has 0 aliphatic heterocycles. The molecule has 2 N–H and O–H groups in total. The van der Waals surface area contributed by atoms with Gasteiger partial charge in [-0.3, -0.25) is 4.79 Å². The Labute approximate surface area is 183 Å². The average molecular weight is 439 g/mol. The Bertz CT molecular complexity index is 1100. The summed E-state index contributed by atoms with van der Waals surface area (Å²) < 4.78 is 33.1. The minimum atomic E-state index is -3.62. The normalized spacial score (nSPS) is 11.1. The van der Waals surface area contributed by atoms with Crippen LogP contribution in [0.25, 0.3) is 0 Å². The van der Waals surface area contributed by atoms with Crippen LogP contribution >= 0.6 is 0 Å². The minimum Gasteiger partial charge on any atom is -0.494 e. The van der Waals surface area contributed by atoms with Gasteiger partial charge in [-0.15, -0.1) is 0 Å². The Morgan fingerprint density at radius 2 is 1.68 bits per heavy atom. The zero-order chi connectivity index (χ0) is 22.1. The highest BCUT2D eigenvalue weighted by Gasteiger charge is 2.14. The number of hydrogen-bond donors (Lipinski definition) is 2. The number of ether oxygens (including phenoxy) is 1. The van der Waals surface area contributed by atoms with E-state index in [0.29, 0.717) is 36.6 Å². The summed E-state index contributed by atoms with van der Waals surface area (Å²) in [7, 11) is -3.62. The third-order valence-electron chi connectivity index (χ3n) is 4.54. The standard InChI is InChI=1S/C24H26N2O4S/c1-2-17-30-22-10-6-9-20(18-22)24(27)26-21-11-13-23(14-12-21)31(28,29)25-16-15-19-7-4-3-5-8-19/h3-14,18,25H,2,15-17H2,1H3,(H,26,27). The maximum absolute atomic E-state index is 12.5. The van der Waals surface area contributed by atoms with Gasteiger partial charge < -0.3 is 10.1 Å². The molecular weight excluding hydrogens is 412 g/mol.